The first-order valence-electron chi connectivity index (χ1n) is 6.76. The van der Waals surface area contributed by atoms with Gasteiger partial charge in [0, 0.05) is 12.3 Å². The zero-order valence-electron chi connectivity index (χ0n) is 11.2. The van der Waals surface area contributed by atoms with Crippen molar-refractivity contribution in [1.29, 1.82) is 0 Å². The summed E-state index contributed by atoms with van der Waals surface area (Å²) in [6.07, 6.45) is 3.33. The van der Waals surface area contributed by atoms with Crippen LogP contribution in [0.15, 0.2) is 12.2 Å². The zero-order chi connectivity index (χ0) is 12.8. The molecule has 96 valence electrons. The Morgan fingerprint density at radius 3 is 2.71 bits per heavy atom. The van der Waals surface area contributed by atoms with Crippen molar-refractivity contribution in [2.24, 2.45) is 23.7 Å². The van der Waals surface area contributed by atoms with Crippen LogP contribution < -0.4 is 0 Å². The number of rotatable bonds is 1. The molecular weight excluding hydrogens is 212 g/mol. The lowest BCUT2D eigenvalue weighted by Crippen LogP contribution is -2.56. The Morgan fingerprint density at radius 1 is 1.47 bits per heavy atom. The van der Waals surface area contributed by atoms with Gasteiger partial charge in [-0.25, -0.2) is 0 Å². The topological polar surface area (TPSA) is 37.3 Å². The number of aliphatic hydroxyl groups is 1. The highest BCUT2D eigenvalue weighted by molar-refractivity contribution is 5.82. The molecule has 17 heavy (non-hydrogen) atoms. The lowest BCUT2D eigenvalue weighted by atomic mass is 9.56. The van der Waals surface area contributed by atoms with Gasteiger partial charge < -0.3 is 5.11 Å². The highest BCUT2D eigenvalue weighted by Gasteiger charge is 2.52. The Morgan fingerprint density at radius 2 is 2.12 bits per heavy atom. The summed E-state index contributed by atoms with van der Waals surface area (Å²) in [6, 6.07) is 0. The quantitative estimate of drug-likeness (QED) is 0.711. The molecule has 2 rings (SSSR count). The molecule has 1 N–H and O–H groups in total. The van der Waals surface area contributed by atoms with E-state index < -0.39 is 5.60 Å². The monoisotopic (exact) mass is 236 g/mol. The number of ketones is 1. The minimum atomic E-state index is -0.612. The van der Waals surface area contributed by atoms with Crippen molar-refractivity contribution in [3.63, 3.8) is 0 Å². The molecule has 0 aromatic rings. The number of fused-ring (bicyclic) bond motifs is 1. The van der Waals surface area contributed by atoms with Crippen molar-refractivity contribution in [3.8, 4) is 0 Å². The van der Waals surface area contributed by atoms with E-state index in [-0.39, 0.29) is 17.8 Å². The van der Waals surface area contributed by atoms with Crippen LogP contribution in [0.2, 0.25) is 0 Å². The van der Waals surface area contributed by atoms with E-state index in [1.165, 1.54) is 5.57 Å². The van der Waals surface area contributed by atoms with Crippen LogP contribution in [0, 0.1) is 23.7 Å². The number of Topliss-reactive ketones (excluding diaryl/α,β-unsaturated/α-hetero) is 1. The molecule has 0 aromatic heterocycles. The van der Waals surface area contributed by atoms with Gasteiger partial charge in [-0.2, -0.15) is 0 Å². The van der Waals surface area contributed by atoms with Crippen molar-refractivity contribution in [1.82, 2.24) is 0 Å². The van der Waals surface area contributed by atoms with Crippen LogP contribution in [-0.4, -0.2) is 16.5 Å². The Hall–Kier alpha value is -0.630. The summed E-state index contributed by atoms with van der Waals surface area (Å²) >= 11 is 0. The van der Waals surface area contributed by atoms with E-state index in [1.54, 1.807) is 0 Å². The maximum Gasteiger partial charge on any atom is 0.136 e. The molecule has 0 saturated heterocycles. The van der Waals surface area contributed by atoms with Gasteiger partial charge in [-0.15, -0.1) is 0 Å². The predicted octanol–water partition coefficient (Wildman–Crippen LogP) is 2.95. The van der Waals surface area contributed by atoms with Crippen LogP contribution in [0.4, 0.5) is 0 Å². The van der Waals surface area contributed by atoms with E-state index in [1.807, 2.05) is 13.8 Å². The van der Waals surface area contributed by atoms with Crippen molar-refractivity contribution in [3.05, 3.63) is 12.2 Å². The maximum atomic E-state index is 11.9. The van der Waals surface area contributed by atoms with Crippen LogP contribution in [0.3, 0.4) is 0 Å². The Balaban J connectivity index is 2.25. The van der Waals surface area contributed by atoms with E-state index in [0.717, 1.165) is 19.3 Å². The summed E-state index contributed by atoms with van der Waals surface area (Å²) in [4.78, 5) is 11.9. The number of carbonyl (C=O) groups excluding carboxylic acids is 1. The normalized spacial score (nSPS) is 46.5. The number of allylic oxidation sites excluding steroid dienone is 1. The fourth-order valence-electron chi connectivity index (χ4n) is 3.80. The van der Waals surface area contributed by atoms with Crippen LogP contribution >= 0.6 is 0 Å². The maximum absolute atomic E-state index is 11.9. The molecule has 2 nitrogen and oxygen atoms in total. The number of hydrogen-bond acceptors (Lipinski definition) is 2. The van der Waals surface area contributed by atoms with Crippen molar-refractivity contribution in [2.75, 3.05) is 0 Å². The third-order valence-electron chi connectivity index (χ3n) is 5.24. The van der Waals surface area contributed by atoms with Crippen LogP contribution in [-0.2, 0) is 4.79 Å². The predicted molar refractivity (Wildman–Crippen MR) is 68.5 cm³/mol. The second-order valence-electron chi connectivity index (χ2n) is 6.28. The molecule has 0 amide bonds. The van der Waals surface area contributed by atoms with Gasteiger partial charge in [0.25, 0.3) is 0 Å². The zero-order valence-corrected chi connectivity index (χ0v) is 11.2. The molecular formula is C15H24O2. The Labute approximate surface area is 104 Å². The summed E-state index contributed by atoms with van der Waals surface area (Å²) < 4.78 is 0. The molecule has 0 spiro atoms. The lowest BCUT2D eigenvalue weighted by molar-refractivity contribution is -0.160. The van der Waals surface area contributed by atoms with Crippen LogP contribution in [0.5, 0.6) is 0 Å². The molecule has 2 saturated carbocycles. The van der Waals surface area contributed by atoms with E-state index >= 15 is 0 Å². The van der Waals surface area contributed by atoms with Crippen LogP contribution in [0.1, 0.15) is 46.5 Å². The summed E-state index contributed by atoms with van der Waals surface area (Å²) in [6.45, 7) is 10.1. The molecule has 2 fully saturated rings. The molecule has 2 aliphatic carbocycles. The van der Waals surface area contributed by atoms with Crippen molar-refractivity contribution in [2.45, 2.75) is 52.1 Å². The second-order valence-corrected chi connectivity index (χ2v) is 6.28. The van der Waals surface area contributed by atoms with Gasteiger partial charge in [0.2, 0.25) is 0 Å². The molecule has 0 heterocycles. The minimum Gasteiger partial charge on any atom is -0.389 e. The van der Waals surface area contributed by atoms with Gasteiger partial charge in [0.1, 0.15) is 5.78 Å². The van der Waals surface area contributed by atoms with Gasteiger partial charge in [-0.1, -0.05) is 26.0 Å². The van der Waals surface area contributed by atoms with Gasteiger partial charge >= 0.3 is 0 Å². The molecule has 0 aromatic carbocycles. The average molecular weight is 236 g/mol. The van der Waals surface area contributed by atoms with E-state index in [9.17, 15) is 9.90 Å². The summed E-state index contributed by atoms with van der Waals surface area (Å²) in [7, 11) is 0. The fourth-order valence-corrected chi connectivity index (χ4v) is 3.80. The summed E-state index contributed by atoms with van der Waals surface area (Å²) in [5.74, 6) is 1.07. The summed E-state index contributed by atoms with van der Waals surface area (Å²) in [5.41, 5.74) is 0.587. The number of hydrogen-bond donors (Lipinski definition) is 1. The molecule has 2 aliphatic rings. The van der Waals surface area contributed by atoms with Crippen molar-refractivity contribution >= 4 is 5.78 Å². The van der Waals surface area contributed by atoms with Crippen LogP contribution in [0.25, 0.3) is 0 Å². The van der Waals surface area contributed by atoms with Gasteiger partial charge in [0.05, 0.1) is 5.60 Å². The molecule has 5 atom stereocenters. The molecule has 2 heteroatoms. The van der Waals surface area contributed by atoms with Gasteiger partial charge in [-0.3, -0.25) is 4.79 Å². The number of carbonyl (C=O) groups is 1. The van der Waals surface area contributed by atoms with Gasteiger partial charge in [0.15, 0.2) is 0 Å². The molecule has 0 radical (unpaired) electrons. The first kappa shape index (κ1) is 12.8. The molecule has 5 unspecified atom stereocenters. The second kappa shape index (κ2) is 4.24. The van der Waals surface area contributed by atoms with E-state index in [0.29, 0.717) is 18.1 Å². The lowest BCUT2D eigenvalue weighted by Gasteiger charge is -2.52. The van der Waals surface area contributed by atoms with Gasteiger partial charge in [-0.05, 0) is 43.9 Å². The highest BCUT2D eigenvalue weighted by Crippen LogP contribution is 2.50. The minimum absolute atomic E-state index is 0.0124. The summed E-state index contributed by atoms with van der Waals surface area (Å²) in [5, 5.41) is 10.9. The largest absolute Gasteiger partial charge is 0.389 e. The third kappa shape index (κ3) is 1.97. The first-order chi connectivity index (χ1) is 7.86. The molecule has 0 bridgehead atoms. The SMILES string of the molecule is C=C(C)C1CCC2(O)C(C)CC(=O)C(C)C2C1. The van der Waals surface area contributed by atoms with E-state index in [4.69, 9.17) is 0 Å². The molecule has 0 aliphatic heterocycles. The van der Waals surface area contributed by atoms with Crippen molar-refractivity contribution < 1.29 is 9.90 Å². The standard InChI is InChI=1S/C15H24O2/c1-9(2)12-5-6-15(17)10(3)7-14(16)11(4)13(15)8-12/h10-13,17H,1,5-8H2,2-4H3. The van der Waals surface area contributed by atoms with E-state index in [2.05, 4.69) is 13.5 Å². The smallest absolute Gasteiger partial charge is 0.136 e. The fraction of sp³-hybridized carbons (Fsp3) is 0.800. The highest BCUT2D eigenvalue weighted by atomic mass is 16.3. The Kier molecular flexibility index (Phi) is 3.19. The first-order valence-corrected chi connectivity index (χ1v) is 6.76. The Bertz CT molecular complexity index is 347. The average Bonchev–Trinajstić information content (AvgIpc) is 2.26. The third-order valence-corrected chi connectivity index (χ3v) is 5.24.